The molecule has 0 fully saturated rings. The SMILES string of the molecule is CC(=O)NC(CC(=O)Nc1cc(C(C)(C)C)nn1C)c1cccs1. The maximum absolute atomic E-state index is 12.4. The number of hydrogen-bond donors (Lipinski definition) is 2. The van der Waals surface area contributed by atoms with Crippen molar-refractivity contribution in [2.45, 2.75) is 45.6 Å². The lowest BCUT2D eigenvalue weighted by molar-refractivity contribution is -0.120. The van der Waals surface area contributed by atoms with Gasteiger partial charge in [-0.1, -0.05) is 26.8 Å². The summed E-state index contributed by atoms with van der Waals surface area (Å²) in [5, 5.41) is 12.1. The molecule has 2 rings (SSSR count). The monoisotopic (exact) mass is 348 g/mol. The van der Waals surface area contributed by atoms with Crippen molar-refractivity contribution < 1.29 is 9.59 Å². The lowest BCUT2D eigenvalue weighted by Gasteiger charge is -2.16. The van der Waals surface area contributed by atoms with Gasteiger partial charge in [0.05, 0.1) is 18.2 Å². The van der Waals surface area contributed by atoms with Crippen LogP contribution in [0.4, 0.5) is 5.82 Å². The van der Waals surface area contributed by atoms with Gasteiger partial charge in [-0.2, -0.15) is 5.10 Å². The smallest absolute Gasteiger partial charge is 0.227 e. The number of nitrogens with one attached hydrogen (secondary N) is 2. The maximum atomic E-state index is 12.4. The van der Waals surface area contributed by atoms with Gasteiger partial charge >= 0.3 is 0 Å². The summed E-state index contributed by atoms with van der Waals surface area (Å²) < 4.78 is 1.66. The highest BCUT2D eigenvalue weighted by Crippen LogP contribution is 2.25. The molecule has 0 spiro atoms. The first-order chi connectivity index (χ1) is 11.2. The first-order valence-electron chi connectivity index (χ1n) is 7.81. The summed E-state index contributed by atoms with van der Waals surface area (Å²) in [7, 11) is 1.80. The molecule has 0 bridgehead atoms. The number of thiophene rings is 1. The normalized spacial score (nSPS) is 12.7. The van der Waals surface area contributed by atoms with Gasteiger partial charge in [0, 0.05) is 30.3 Å². The zero-order valence-electron chi connectivity index (χ0n) is 14.7. The third-order valence-electron chi connectivity index (χ3n) is 3.57. The van der Waals surface area contributed by atoms with Gasteiger partial charge in [-0.25, -0.2) is 0 Å². The second-order valence-electron chi connectivity index (χ2n) is 6.81. The Morgan fingerprint density at radius 2 is 2.08 bits per heavy atom. The lowest BCUT2D eigenvalue weighted by atomic mass is 9.92. The van der Waals surface area contributed by atoms with Gasteiger partial charge in [0.1, 0.15) is 5.82 Å². The summed E-state index contributed by atoms with van der Waals surface area (Å²) in [6.07, 6.45) is 0.177. The number of carbonyl (C=O) groups is 2. The highest BCUT2D eigenvalue weighted by molar-refractivity contribution is 7.10. The third kappa shape index (κ3) is 4.67. The molecule has 7 heteroatoms. The first kappa shape index (κ1) is 18.2. The van der Waals surface area contributed by atoms with Crippen LogP contribution in [0.25, 0.3) is 0 Å². The number of rotatable bonds is 5. The van der Waals surface area contributed by atoms with Crippen LogP contribution in [-0.2, 0) is 22.1 Å². The highest BCUT2D eigenvalue weighted by atomic mass is 32.1. The zero-order valence-corrected chi connectivity index (χ0v) is 15.5. The number of aryl methyl sites for hydroxylation is 1. The quantitative estimate of drug-likeness (QED) is 0.872. The van der Waals surface area contributed by atoms with Crippen LogP contribution in [-0.4, -0.2) is 21.6 Å². The van der Waals surface area contributed by atoms with Crippen LogP contribution in [0.15, 0.2) is 23.6 Å². The number of amides is 2. The van der Waals surface area contributed by atoms with Crippen molar-refractivity contribution >= 4 is 29.0 Å². The second kappa shape index (κ2) is 7.17. The molecule has 1 atom stereocenters. The molecule has 0 aromatic carbocycles. The first-order valence-corrected chi connectivity index (χ1v) is 8.69. The summed E-state index contributed by atoms with van der Waals surface area (Å²) in [4.78, 5) is 24.8. The zero-order chi connectivity index (χ0) is 17.9. The molecule has 0 saturated heterocycles. The van der Waals surface area contributed by atoms with E-state index in [2.05, 4.69) is 36.5 Å². The van der Waals surface area contributed by atoms with Gasteiger partial charge in [-0.15, -0.1) is 11.3 Å². The predicted molar refractivity (Wildman–Crippen MR) is 96.0 cm³/mol. The summed E-state index contributed by atoms with van der Waals surface area (Å²) in [5.41, 5.74) is 0.827. The summed E-state index contributed by atoms with van der Waals surface area (Å²) in [6.45, 7) is 7.68. The van der Waals surface area contributed by atoms with Crippen molar-refractivity contribution in [3.8, 4) is 0 Å². The van der Waals surface area contributed by atoms with E-state index in [9.17, 15) is 9.59 Å². The van der Waals surface area contributed by atoms with E-state index in [1.165, 1.54) is 18.3 Å². The minimum absolute atomic E-state index is 0.0869. The van der Waals surface area contributed by atoms with Gasteiger partial charge in [0.2, 0.25) is 11.8 Å². The van der Waals surface area contributed by atoms with E-state index in [-0.39, 0.29) is 29.7 Å². The van der Waals surface area contributed by atoms with Crippen molar-refractivity contribution in [1.29, 1.82) is 0 Å². The molecule has 2 amide bonds. The standard InChI is InChI=1S/C17H24N4O2S/c1-11(22)18-12(13-7-6-8-24-13)9-16(23)19-15-10-14(17(2,3)4)20-21(15)5/h6-8,10,12H,9H2,1-5H3,(H,18,22)(H,19,23). The van der Waals surface area contributed by atoms with Crippen molar-refractivity contribution in [3.05, 3.63) is 34.2 Å². The molecular weight excluding hydrogens is 324 g/mol. The fraction of sp³-hybridized carbons (Fsp3) is 0.471. The van der Waals surface area contributed by atoms with Crippen molar-refractivity contribution in [2.24, 2.45) is 7.05 Å². The van der Waals surface area contributed by atoms with Crippen LogP contribution in [0.5, 0.6) is 0 Å². The van der Waals surface area contributed by atoms with Gasteiger partial charge in [-0.3, -0.25) is 14.3 Å². The van der Waals surface area contributed by atoms with Gasteiger partial charge in [0.25, 0.3) is 0 Å². The molecule has 0 aliphatic carbocycles. The van der Waals surface area contributed by atoms with E-state index < -0.39 is 0 Å². The Kier molecular flexibility index (Phi) is 5.43. The van der Waals surface area contributed by atoms with Crippen molar-refractivity contribution in [2.75, 3.05) is 5.32 Å². The van der Waals surface area contributed by atoms with Crippen molar-refractivity contribution in [3.63, 3.8) is 0 Å². The van der Waals surface area contributed by atoms with Gasteiger partial charge in [-0.05, 0) is 11.4 Å². The van der Waals surface area contributed by atoms with Crippen LogP contribution in [0.3, 0.4) is 0 Å². The Hall–Kier alpha value is -2.15. The van der Waals surface area contributed by atoms with E-state index >= 15 is 0 Å². The minimum atomic E-state index is -0.321. The van der Waals surface area contributed by atoms with E-state index in [4.69, 9.17) is 0 Å². The number of carbonyl (C=O) groups excluding carboxylic acids is 2. The van der Waals surface area contributed by atoms with E-state index in [0.717, 1.165) is 10.6 Å². The largest absolute Gasteiger partial charge is 0.348 e. The average Bonchev–Trinajstić information content (AvgIpc) is 3.07. The van der Waals surface area contributed by atoms with Crippen LogP contribution in [0.1, 0.15) is 50.7 Å². The predicted octanol–water partition coefficient (Wildman–Crippen LogP) is 2.99. The molecule has 2 N–H and O–H groups in total. The molecule has 130 valence electrons. The molecular formula is C17H24N4O2S. The molecule has 0 saturated carbocycles. The Bertz CT molecular complexity index is 714. The summed E-state index contributed by atoms with van der Waals surface area (Å²) >= 11 is 1.52. The van der Waals surface area contributed by atoms with Crippen LogP contribution in [0.2, 0.25) is 0 Å². The van der Waals surface area contributed by atoms with E-state index in [0.29, 0.717) is 5.82 Å². The number of hydrogen-bond acceptors (Lipinski definition) is 4. The number of aromatic nitrogens is 2. The topological polar surface area (TPSA) is 76.0 Å². The van der Waals surface area contributed by atoms with Gasteiger partial charge in [0.15, 0.2) is 0 Å². The molecule has 0 aliphatic heterocycles. The summed E-state index contributed by atoms with van der Waals surface area (Å²) in [6, 6.07) is 5.39. The Labute approximate surface area is 146 Å². The van der Waals surface area contributed by atoms with Crippen LogP contribution in [0, 0.1) is 0 Å². The van der Waals surface area contributed by atoms with Gasteiger partial charge < -0.3 is 10.6 Å². The van der Waals surface area contributed by atoms with Crippen molar-refractivity contribution in [1.82, 2.24) is 15.1 Å². The number of nitrogens with zero attached hydrogens (tertiary/aromatic N) is 2. The third-order valence-corrected chi connectivity index (χ3v) is 4.56. The fourth-order valence-corrected chi connectivity index (χ4v) is 3.07. The minimum Gasteiger partial charge on any atom is -0.348 e. The Morgan fingerprint density at radius 1 is 1.38 bits per heavy atom. The molecule has 24 heavy (non-hydrogen) atoms. The van der Waals surface area contributed by atoms with Crippen LogP contribution < -0.4 is 10.6 Å². The molecule has 2 aromatic heterocycles. The van der Waals surface area contributed by atoms with Crippen LogP contribution >= 0.6 is 11.3 Å². The second-order valence-corrected chi connectivity index (χ2v) is 7.79. The molecule has 1 unspecified atom stereocenters. The molecule has 2 heterocycles. The summed E-state index contributed by atoms with van der Waals surface area (Å²) in [5.74, 6) is 0.333. The molecule has 2 aromatic rings. The maximum Gasteiger partial charge on any atom is 0.227 e. The van der Waals surface area contributed by atoms with E-state index in [1.807, 2.05) is 23.6 Å². The highest BCUT2D eigenvalue weighted by Gasteiger charge is 2.22. The fourth-order valence-electron chi connectivity index (χ4n) is 2.29. The molecule has 0 radical (unpaired) electrons. The Balaban J connectivity index is 2.09. The Morgan fingerprint density at radius 3 is 2.58 bits per heavy atom. The molecule has 6 nitrogen and oxygen atoms in total. The number of anilines is 1. The molecule has 0 aliphatic rings. The lowest BCUT2D eigenvalue weighted by Crippen LogP contribution is -2.29. The van der Waals surface area contributed by atoms with E-state index in [1.54, 1.807) is 11.7 Å². The average molecular weight is 348 g/mol.